The van der Waals surface area contributed by atoms with Crippen LogP contribution in [-0.2, 0) is 14.3 Å². The lowest BCUT2D eigenvalue weighted by Crippen LogP contribution is -2.29. The predicted octanol–water partition coefficient (Wildman–Crippen LogP) is 2.89. The maximum Gasteiger partial charge on any atom is 0.331 e. The molecule has 1 amide bonds. The van der Waals surface area contributed by atoms with Gasteiger partial charge in [0.1, 0.15) is 0 Å². The minimum Gasteiger partial charge on any atom is -0.504 e. The number of hydrogen-bond acceptors (Lipinski definition) is 7. The largest absolute Gasteiger partial charge is 0.504 e. The molecule has 0 radical (unpaired) electrons. The first-order valence-electron chi connectivity index (χ1n) is 8.11. The van der Waals surface area contributed by atoms with E-state index in [1.807, 2.05) is 0 Å². The summed E-state index contributed by atoms with van der Waals surface area (Å²) in [5.41, 5.74) is 0.827. The number of methoxy groups -OCH3 is 1. The Bertz CT molecular complexity index is 907. The average Bonchev–Trinajstić information content (AvgIpc) is 2.67. The van der Waals surface area contributed by atoms with Crippen LogP contribution in [0.15, 0.2) is 48.5 Å². The number of non-ortho nitro benzene ring substituents is 1. The fourth-order valence-corrected chi connectivity index (χ4v) is 2.14. The monoisotopic (exact) mass is 386 g/mol. The van der Waals surface area contributed by atoms with Gasteiger partial charge < -0.3 is 19.9 Å². The highest BCUT2D eigenvalue weighted by atomic mass is 16.6. The van der Waals surface area contributed by atoms with Crippen LogP contribution in [0.25, 0.3) is 6.08 Å². The third-order valence-electron chi connectivity index (χ3n) is 3.62. The quantitative estimate of drug-likeness (QED) is 0.324. The highest BCUT2D eigenvalue weighted by Gasteiger charge is 2.17. The summed E-state index contributed by atoms with van der Waals surface area (Å²) in [5, 5.41) is 22.7. The summed E-state index contributed by atoms with van der Waals surface area (Å²) >= 11 is 0. The summed E-state index contributed by atoms with van der Waals surface area (Å²) in [5.74, 6) is -1.09. The van der Waals surface area contributed by atoms with E-state index in [0.717, 1.165) is 6.08 Å². The number of aromatic hydroxyl groups is 1. The molecule has 0 fully saturated rings. The van der Waals surface area contributed by atoms with Gasteiger partial charge in [-0.05, 0) is 42.8 Å². The molecule has 0 saturated carbocycles. The molecule has 0 heterocycles. The summed E-state index contributed by atoms with van der Waals surface area (Å²) in [4.78, 5) is 34.0. The molecule has 9 heteroatoms. The Morgan fingerprint density at radius 3 is 2.50 bits per heavy atom. The van der Waals surface area contributed by atoms with E-state index in [1.165, 1.54) is 56.5 Å². The van der Waals surface area contributed by atoms with E-state index in [0.29, 0.717) is 11.3 Å². The number of ether oxygens (including phenoxy) is 2. The molecule has 2 N–H and O–H groups in total. The van der Waals surface area contributed by atoms with E-state index < -0.39 is 22.9 Å². The molecule has 0 spiro atoms. The van der Waals surface area contributed by atoms with Crippen LogP contribution in [0.4, 0.5) is 11.4 Å². The van der Waals surface area contributed by atoms with Crippen LogP contribution in [0.1, 0.15) is 12.5 Å². The van der Waals surface area contributed by atoms with E-state index >= 15 is 0 Å². The molecule has 1 unspecified atom stereocenters. The highest BCUT2D eigenvalue weighted by Crippen LogP contribution is 2.26. The lowest BCUT2D eigenvalue weighted by atomic mass is 10.2. The molecule has 0 aliphatic carbocycles. The normalized spacial score (nSPS) is 11.6. The molecule has 0 saturated heterocycles. The van der Waals surface area contributed by atoms with Gasteiger partial charge >= 0.3 is 5.97 Å². The Balaban J connectivity index is 1.92. The standard InChI is InChI=1S/C19H18N2O7/c1-12(19(24)20-14-5-7-15(8-6-14)21(25)26)28-18(23)10-4-13-3-9-16(22)17(11-13)27-2/h3-12,22H,1-2H3,(H,20,24)/b10-4+. The van der Waals surface area contributed by atoms with Gasteiger partial charge in [0.25, 0.3) is 11.6 Å². The maximum absolute atomic E-state index is 12.1. The van der Waals surface area contributed by atoms with Crippen molar-refractivity contribution in [1.82, 2.24) is 0 Å². The van der Waals surface area contributed by atoms with Crippen LogP contribution in [0.2, 0.25) is 0 Å². The van der Waals surface area contributed by atoms with E-state index in [-0.39, 0.29) is 17.2 Å². The number of phenols is 1. The summed E-state index contributed by atoms with van der Waals surface area (Å²) < 4.78 is 10.00. The molecule has 0 aliphatic rings. The first-order valence-corrected chi connectivity index (χ1v) is 8.11. The fourth-order valence-electron chi connectivity index (χ4n) is 2.14. The minimum atomic E-state index is -1.08. The van der Waals surface area contributed by atoms with Gasteiger partial charge in [-0.25, -0.2) is 4.79 Å². The van der Waals surface area contributed by atoms with E-state index in [4.69, 9.17) is 9.47 Å². The van der Waals surface area contributed by atoms with Gasteiger partial charge in [0, 0.05) is 23.9 Å². The van der Waals surface area contributed by atoms with Crippen molar-refractivity contribution in [1.29, 1.82) is 0 Å². The number of nitro groups is 1. The predicted molar refractivity (Wildman–Crippen MR) is 101 cm³/mol. The summed E-state index contributed by atoms with van der Waals surface area (Å²) in [6.07, 6.45) is 1.51. The van der Waals surface area contributed by atoms with Crippen molar-refractivity contribution in [3.63, 3.8) is 0 Å². The Labute approximate surface area is 160 Å². The van der Waals surface area contributed by atoms with Gasteiger partial charge in [-0.1, -0.05) is 6.07 Å². The Hall–Kier alpha value is -3.88. The summed E-state index contributed by atoms with van der Waals surface area (Å²) in [7, 11) is 1.40. The zero-order chi connectivity index (χ0) is 20.7. The zero-order valence-electron chi connectivity index (χ0n) is 15.1. The molecule has 2 aromatic carbocycles. The first-order chi connectivity index (χ1) is 13.3. The van der Waals surface area contributed by atoms with Crippen LogP contribution >= 0.6 is 0 Å². The lowest BCUT2D eigenvalue weighted by Gasteiger charge is -2.12. The van der Waals surface area contributed by atoms with Crippen molar-refractivity contribution in [2.75, 3.05) is 12.4 Å². The Kier molecular flexibility index (Phi) is 6.69. The number of nitrogens with one attached hydrogen (secondary N) is 1. The van der Waals surface area contributed by atoms with Crippen molar-refractivity contribution < 1.29 is 29.1 Å². The van der Waals surface area contributed by atoms with E-state index in [1.54, 1.807) is 6.07 Å². The van der Waals surface area contributed by atoms with Crippen molar-refractivity contribution in [3.8, 4) is 11.5 Å². The van der Waals surface area contributed by atoms with Gasteiger partial charge in [0.15, 0.2) is 17.6 Å². The molecule has 2 aromatic rings. The minimum absolute atomic E-state index is 0.0289. The van der Waals surface area contributed by atoms with Gasteiger partial charge in [0.05, 0.1) is 12.0 Å². The van der Waals surface area contributed by atoms with Crippen molar-refractivity contribution in [2.45, 2.75) is 13.0 Å². The number of benzene rings is 2. The van der Waals surface area contributed by atoms with Crippen molar-refractivity contribution >= 4 is 29.3 Å². The number of anilines is 1. The number of amides is 1. The number of hydrogen-bond donors (Lipinski definition) is 2. The van der Waals surface area contributed by atoms with Crippen LogP contribution in [0, 0.1) is 10.1 Å². The number of nitro benzene ring substituents is 1. The number of esters is 1. The number of phenolic OH excluding ortho intramolecular Hbond substituents is 1. The molecule has 0 bridgehead atoms. The Morgan fingerprint density at radius 1 is 1.21 bits per heavy atom. The van der Waals surface area contributed by atoms with Crippen molar-refractivity contribution in [2.24, 2.45) is 0 Å². The van der Waals surface area contributed by atoms with Crippen LogP contribution in [0.5, 0.6) is 11.5 Å². The number of rotatable bonds is 7. The van der Waals surface area contributed by atoms with Crippen LogP contribution in [-0.4, -0.2) is 35.1 Å². The molecule has 0 aliphatic heterocycles. The average molecular weight is 386 g/mol. The van der Waals surface area contributed by atoms with E-state index in [9.17, 15) is 24.8 Å². The zero-order valence-corrected chi connectivity index (χ0v) is 15.1. The second kappa shape index (κ2) is 9.17. The third-order valence-corrected chi connectivity index (χ3v) is 3.62. The SMILES string of the molecule is COc1cc(/C=C/C(=O)OC(C)C(=O)Nc2ccc([N+](=O)[O-])cc2)ccc1O. The first kappa shape index (κ1) is 20.4. The van der Waals surface area contributed by atoms with Gasteiger partial charge in [-0.2, -0.15) is 0 Å². The second-order valence-corrected chi connectivity index (χ2v) is 5.64. The molecular weight excluding hydrogens is 368 g/mol. The van der Waals surface area contributed by atoms with Gasteiger partial charge in [-0.3, -0.25) is 14.9 Å². The molecule has 2 rings (SSSR count). The Morgan fingerprint density at radius 2 is 1.89 bits per heavy atom. The highest BCUT2D eigenvalue weighted by molar-refractivity contribution is 5.96. The lowest BCUT2D eigenvalue weighted by molar-refractivity contribution is -0.384. The molecule has 28 heavy (non-hydrogen) atoms. The molecule has 9 nitrogen and oxygen atoms in total. The third kappa shape index (κ3) is 5.56. The van der Waals surface area contributed by atoms with E-state index in [2.05, 4.69) is 5.32 Å². The van der Waals surface area contributed by atoms with Gasteiger partial charge in [0.2, 0.25) is 0 Å². The molecular formula is C19H18N2O7. The fraction of sp³-hybridized carbons (Fsp3) is 0.158. The molecule has 1 atom stereocenters. The second-order valence-electron chi connectivity index (χ2n) is 5.64. The van der Waals surface area contributed by atoms with Crippen molar-refractivity contribution in [3.05, 3.63) is 64.2 Å². The summed E-state index contributed by atoms with van der Waals surface area (Å²) in [6.45, 7) is 1.40. The summed E-state index contributed by atoms with van der Waals surface area (Å²) in [6, 6.07) is 9.79. The maximum atomic E-state index is 12.1. The number of nitrogens with zero attached hydrogens (tertiary/aromatic N) is 1. The van der Waals surface area contributed by atoms with Gasteiger partial charge in [-0.15, -0.1) is 0 Å². The smallest absolute Gasteiger partial charge is 0.331 e. The molecule has 146 valence electrons. The van der Waals surface area contributed by atoms with Crippen LogP contribution in [0.3, 0.4) is 0 Å². The number of carbonyl (C=O) groups is 2. The topological polar surface area (TPSA) is 128 Å². The molecule has 0 aromatic heterocycles. The van der Waals surface area contributed by atoms with Crippen LogP contribution < -0.4 is 10.1 Å². The number of carbonyl (C=O) groups excluding carboxylic acids is 2.